The van der Waals surface area contributed by atoms with Gasteiger partial charge >= 0.3 is 0 Å². The third-order valence-electron chi connectivity index (χ3n) is 3.52. The van der Waals surface area contributed by atoms with Crippen molar-refractivity contribution >= 4 is 33.2 Å². The maximum absolute atomic E-state index is 12.7. The van der Waals surface area contributed by atoms with E-state index in [0.717, 1.165) is 12.8 Å². The Labute approximate surface area is 136 Å². The molecule has 21 heavy (non-hydrogen) atoms. The maximum atomic E-state index is 12.7. The van der Waals surface area contributed by atoms with Crippen molar-refractivity contribution < 1.29 is 13.2 Å². The SMILES string of the molecule is CCOc1cc(Cl)c(S(=O)(=O)N2CCC[C@@H](C)C2)cc1Cl. The second-order valence-corrected chi connectivity index (χ2v) is 7.98. The van der Waals surface area contributed by atoms with Gasteiger partial charge in [-0.3, -0.25) is 0 Å². The van der Waals surface area contributed by atoms with E-state index in [4.69, 9.17) is 27.9 Å². The zero-order valence-corrected chi connectivity index (χ0v) is 14.4. The molecule has 1 atom stereocenters. The highest BCUT2D eigenvalue weighted by atomic mass is 35.5. The van der Waals surface area contributed by atoms with E-state index in [1.165, 1.54) is 16.4 Å². The maximum Gasteiger partial charge on any atom is 0.244 e. The number of sulfonamides is 1. The summed E-state index contributed by atoms with van der Waals surface area (Å²) < 4.78 is 32.2. The standard InChI is InChI=1S/C14H19Cl2NO3S/c1-3-20-13-7-12(16)14(8-11(13)15)21(18,19)17-6-4-5-10(2)9-17/h7-8,10H,3-6,9H2,1-2H3/t10-/m1/s1. The average molecular weight is 352 g/mol. The number of nitrogens with zero attached hydrogens (tertiary/aromatic N) is 1. The van der Waals surface area contributed by atoms with Crippen LogP contribution in [-0.4, -0.2) is 32.4 Å². The average Bonchev–Trinajstić information content (AvgIpc) is 2.42. The summed E-state index contributed by atoms with van der Waals surface area (Å²) in [5.74, 6) is 0.751. The normalized spacial score (nSPS) is 20.5. The highest BCUT2D eigenvalue weighted by Gasteiger charge is 2.31. The lowest BCUT2D eigenvalue weighted by molar-refractivity contribution is 0.281. The van der Waals surface area contributed by atoms with E-state index in [-0.39, 0.29) is 14.9 Å². The molecular formula is C14H19Cl2NO3S. The first-order valence-electron chi connectivity index (χ1n) is 6.98. The van der Waals surface area contributed by atoms with E-state index in [0.29, 0.717) is 31.4 Å². The van der Waals surface area contributed by atoms with Gasteiger partial charge in [-0.25, -0.2) is 8.42 Å². The van der Waals surface area contributed by atoms with Gasteiger partial charge in [-0.05, 0) is 31.7 Å². The molecule has 1 fully saturated rings. The first-order valence-corrected chi connectivity index (χ1v) is 9.17. The molecule has 0 saturated carbocycles. The predicted octanol–water partition coefficient (Wildman–Crippen LogP) is 3.81. The van der Waals surface area contributed by atoms with E-state index >= 15 is 0 Å². The van der Waals surface area contributed by atoms with Crippen LogP contribution >= 0.6 is 23.2 Å². The van der Waals surface area contributed by atoms with Crippen molar-refractivity contribution in [2.45, 2.75) is 31.6 Å². The molecule has 1 aromatic carbocycles. The Balaban J connectivity index is 2.38. The second-order valence-electron chi connectivity index (χ2n) is 5.26. The summed E-state index contributed by atoms with van der Waals surface area (Å²) >= 11 is 12.2. The molecule has 2 rings (SSSR count). The largest absolute Gasteiger partial charge is 0.492 e. The summed E-state index contributed by atoms with van der Waals surface area (Å²) in [6, 6.07) is 2.84. The summed E-state index contributed by atoms with van der Waals surface area (Å²) in [4.78, 5) is 0.0479. The summed E-state index contributed by atoms with van der Waals surface area (Å²) in [5.41, 5.74) is 0. The number of benzene rings is 1. The minimum atomic E-state index is -3.62. The topological polar surface area (TPSA) is 46.6 Å². The Kier molecular flexibility index (Phi) is 5.41. The van der Waals surface area contributed by atoms with Crippen LogP contribution in [0.25, 0.3) is 0 Å². The minimum Gasteiger partial charge on any atom is -0.492 e. The fourth-order valence-electron chi connectivity index (χ4n) is 2.48. The van der Waals surface area contributed by atoms with Gasteiger partial charge in [-0.1, -0.05) is 30.1 Å². The van der Waals surface area contributed by atoms with Crippen LogP contribution in [0.5, 0.6) is 5.75 Å². The zero-order valence-electron chi connectivity index (χ0n) is 12.1. The first-order chi connectivity index (χ1) is 9.86. The number of rotatable bonds is 4. The molecule has 0 bridgehead atoms. The van der Waals surface area contributed by atoms with E-state index in [1.807, 2.05) is 6.92 Å². The van der Waals surface area contributed by atoms with Crippen molar-refractivity contribution in [3.8, 4) is 5.75 Å². The van der Waals surface area contributed by atoms with Crippen LogP contribution in [0.4, 0.5) is 0 Å². The fraction of sp³-hybridized carbons (Fsp3) is 0.571. The lowest BCUT2D eigenvalue weighted by Gasteiger charge is -2.30. The van der Waals surface area contributed by atoms with Crippen LogP contribution in [0.2, 0.25) is 10.0 Å². The molecule has 4 nitrogen and oxygen atoms in total. The molecule has 0 aromatic heterocycles. The molecule has 1 aliphatic rings. The smallest absolute Gasteiger partial charge is 0.244 e. The molecular weight excluding hydrogens is 333 g/mol. The highest BCUT2D eigenvalue weighted by Crippen LogP contribution is 2.35. The van der Waals surface area contributed by atoms with Gasteiger partial charge in [0.25, 0.3) is 0 Å². The Morgan fingerprint density at radius 3 is 2.67 bits per heavy atom. The zero-order chi connectivity index (χ0) is 15.6. The number of hydrogen-bond donors (Lipinski definition) is 0. The molecule has 1 heterocycles. The highest BCUT2D eigenvalue weighted by molar-refractivity contribution is 7.89. The van der Waals surface area contributed by atoms with E-state index in [9.17, 15) is 8.42 Å². The number of piperidine rings is 1. The van der Waals surface area contributed by atoms with Gasteiger partial charge in [0.1, 0.15) is 10.6 Å². The van der Waals surface area contributed by atoms with Crippen molar-refractivity contribution in [2.75, 3.05) is 19.7 Å². The van der Waals surface area contributed by atoms with Crippen molar-refractivity contribution in [3.63, 3.8) is 0 Å². The van der Waals surface area contributed by atoms with E-state index in [2.05, 4.69) is 6.92 Å². The Bertz CT molecular complexity index is 619. The fourth-order valence-corrected chi connectivity index (χ4v) is 4.88. The summed E-state index contributed by atoms with van der Waals surface area (Å²) in [5, 5.41) is 0.394. The van der Waals surface area contributed by atoms with Gasteiger partial charge in [-0.15, -0.1) is 0 Å². The van der Waals surface area contributed by atoms with Gasteiger partial charge < -0.3 is 4.74 Å². The van der Waals surface area contributed by atoms with Crippen molar-refractivity contribution in [2.24, 2.45) is 5.92 Å². The molecule has 0 amide bonds. The molecule has 1 aliphatic heterocycles. The van der Waals surface area contributed by atoms with Crippen LogP contribution in [0, 0.1) is 5.92 Å². The number of halogens is 2. The Hall–Kier alpha value is -0.490. The van der Waals surface area contributed by atoms with Crippen LogP contribution in [0.3, 0.4) is 0 Å². The third-order valence-corrected chi connectivity index (χ3v) is 6.15. The number of ether oxygens (including phenoxy) is 1. The van der Waals surface area contributed by atoms with Gasteiger partial charge in [0.05, 0.1) is 16.7 Å². The van der Waals surface area contributed by atoms with E-state index < -0.39 is 10.0 Å². The van der Waals surface area contributed by atoms with Crippen LogP contribution in [0.15, 0.2) is 17.0 Å². The molecule has 7 heteroatoms. The van der Waals surface area contributed by atoms with Crippen molar-refractivity contribution in [3.05, 3.63) is 22.2 Å². The predicted molar refractivity (Wildman–Crippen MR) is 84.8 cm³/mol. The van der Waals surface area contributed by atoms with E-state index in [1.54, 1.807) is 0 Å². The lowest BCUT2D eigenvalue weighted by atomic mass is 10.0. The summed E-state index contributed by atoms with van der Waals surface area (Å²) in [6.07, 6.45) is 1.91. The van der Waals surface area contributed by atoms with Gasteiger partial charge in [0.2, 0.25) is 10.0 Å². The monoisotopic (exact) mass is 351 g/mol. The third kappa shape index (κ3) is 3.65. The van der Waals surface area contributed by atoms with Crippen LogP contribution in [0.1, 0.15) is 26.7 Å². The molecule has 0 spiro atoms. The molecule has 118 valence electrons. The van der Waals surface area contributed by atoms with Crippen molar-refractivity contribution in [1.82, 2.24) is 4.31 Å². The molecule has 1 aromatic rings. The number of hydrogen-bond acceptors (Lipinski definition) is 3. The molecule has 1 saturated heterocycles. The Morgan fingerprint density at radius 2 is 2.05 bits per heavy atom. The minimum absolute atomic E-state index is 0.0479. The van der Waals surface area contributed by atoms with Gasteiger partial charge in [0.15, 0.2) is 0 Å². The Morgan fingerprint density at radius 1 is 1.33 bits per heavy atom. The van der Waals surface area contributed by atoms with Gasteiger partial charge in [-0.2, -0.15) is 4.31 Å². The summed E-state index contributed by atoms with van der Waals surface area (Å²) in [7, 11) is -3.62. The molecule has 0 radical (unpaired) electrons. The molecule has 0 aliphatic carbocycles. The summed E-state index contributed by atoms with van der Waals surface area (Å²) in [6.45, 7) is 5.35. The quantitative estimate of drug-likeness (QED) is 0.828. The molecule has 0 N–H and O–H groups in total. The lowest BCUT2D eigenvalue weighted by Crippen LogP contribution is -2.39. The molecule has 0 unspecified atom stereocenters. The van der Waals surface area contributed by atoms with Crippen LogP contribution in [-0.2, 0) is 10.0 Å². The van der Waals surface area contributed by atoms with Gasteiger partial charge in [0, 0.05) is 19.2 Å². The van der Waals surface area contributed by atoms with Crippen LogP contribution < -0.4 is 4.74 Å². The van der Waals surface area contributed by atoms with Crippen molar-refractivity contribution in [1.29, 1.82) is 0 Å². The second kappa shape index (κ2) is 6.73. The first kappa shape index (κ1) is 16.9.